The Labute approximate surface area is 149 Å². The van der Waals surface area contributed by atoms with E-state index in [1.165, 1.54) is 10.7 Å². The van der Waals surface area contributed by atoms with E-state index in [0.29, 0.717) is 30.8 Å². The van der Waals surface area contributed by atoms with E-state index >= 15 is 0 Å². The summed E-state index contributed by atoms with van der Waals surface area (Å²) in [6.07, 6.45) is 2.45. The maximum atomic E-state index is 12.0. The van der Waals surface area contributed by atoms with Crippen molar-refractivity contribution in [2.24, 2.45) is 0 Å². The van der Waals surface area contributed by atoms with E-state index in [0.717, 1.165) is 17.0 Å². The van der Waals surface area contributed by atoms with Gasteiger partial charge in [-0.2, -0.15) is 5.10 Å². The van der Waals surface area contributed by atoms with Gasteiger partial charge in [0, 0.05) is 24.6 Å². The molecule has 0 saturated heterocycles. The lowest BCUT2D eigenvalue weighted by Crippen LogP contribution is -2.32. The minimum atomic E-state index is -0.231. The summed E-state index contributed by atoms with van der Waals surface area (Å²) >= 11 is 0. The first-order valence-electron chi connectivity index (χ1n) is 8.35. The number of carbonyl (C=O) groups is 1. The third-order valence-corrected chi connectivity index (χ3v) is 4.07. The SMILES string of the molecule is Cc1noc(C)c1CCC(=O)NCCn1nc(-c2ccco2)ccc1=O. The number of nitrogens with zero attached hydrogens (tertiary/aromatic N) is 3. The Hall–Kier alpha value is -3.16. The van der Waals surface area contributed by atoms with Crippen LogP contribution in [0.2, 0.25) is 0 Å². The zero-order valence-electron chi connectivity index (χ0n) is 14.7. The van der Waals surface area contributed by atoms with Crippen LogP contribution in [-0.2, 0) is 17.8 Å². The highest BCUT2D eigenvalue weighted by atomic mass is 16.5. The molecule has 8 heteroatoms. The highest BCUT2D eigenvalue weighted by Crippen LogP contribution is 2.15. The third kappa shape index (κ3) is 4.08. The van der Waals surface area contributed by atoms with Gasteiger partial charge in [0.05, 0.1) is 18.5 Å². The Morgan fingerprint density at radius 1 is 1.27 bits per heavy atom. The van der Waals surface area contributed by atoms with E-state index in [1.807, 2.05) is 13.8 Å². The fraction of sp³-hybridized carbons (Fsp3) is 0.333. The number of aromatic nitrogens is 3. The van der Waals surface area contributed by atoms with Crippen LogP contribution in [0.25, 0.3) is 11.5 Å². The molecule has 0 spiro atoms. The lowest BCUT2D eigenvalue weighted by molar-refractivity contribution is -0.121. The van der Waals surface area contributed by atoms with Crippen molar-refractivity contribution < 1.29 is 13.7 Å². The van der Waals surface area contributed by atoms with Gasteiger partial charge in [-0.3, -0.25) is 9.59 Å². The van der Waals surface area contributed by atoms with Crippen molar-refractivity contribution in [3.05, 3.63) is 57.9 Å². The quantitative estimate of drug-likeness (QED) is 0.693. The summed E-state index contributed by atoms with van der Waals surface area (Å²) in [6, 6.07) is 6.57. The van der Waals surface area contributed by atoms with Crippen LogP contribution in [0.15, 0.2) is 44.3 Å². The molecule has 0 aliphatic heterocycles. The molecule has 1 amide bonds. The second-order valence-electron chi connectivity index (χ2n) is 5.91. The standard InChI is InChI=1S/C18H20N4O4/c1-12-14(13(2)26-21-12)5-7-17(23)19-9-10-22-18(24)8-6-15(20-22)16-4-3-11-25-16/h3-4,6,8,11H,5,7,9-10H2,1-2H3,(H,19,23). The summed E-state index contributed by atoms with van der Waals surface area (Å²) < 4.78 is 11.7. The Bertz CT molecular complexity index is 921. The third-order valence-electron chi connectivity index (χ3n) is 4.07. The highest BCUT2D eigenvalue weighted by Gasteiger charge is 2.11. The van der Waals surface area contributed by atoms with Gasteiger partial charge in [0.2, 0.25) is 5.91 Å². The van der Waals surface area contributed by atoms with Crippen LogP contribution < -0.4 is 10.9 Å². The van der Waals surface area contributed by atoms with Crippen LogP contribution in [-0.4, -0.2) is 27.4 Å². The first kappa shape index (κ1) is 17.7. The van der Waals surface area contributed by atoms with Crippen molar-refractivity contribution in [3.63, 3.8) is 0 Å². The average Bonchev–Trinajstić information content (AvgIpc) is 3.26. The van der Waals surface area contributed by atoms with E-state index < -0.39 is 0 Å². The number of hydrogen-bond acceptors (Lipinski definition) is 6. The van der Waals surface area contributed by atoms with Gasteiger partial charge in [0.25, 0.3) is 5.56 Å². The van der Waals surface area contributed by atoms with Gasteiger partial charge >= 0.3 is 0 Å². The van der Waals surface area contributed by atoms with Gasteiger partial charge in [-0.05, 0) is 38.5 Å². The number of carbonyl (C=O) groups excluding carboxylic acids is 1. The van der Waals surface area contributed by atoms with Crippen molar-refractivity contribution in [2.45, 2.75) is 33.2 Å². The summed E-state index contributed by atoms with van der Waals surface area (Å²) in [5, 5.41) is 10.9. The topological polar surface area (TPSA) is 103 Å². The van der Waals surface area contributed by atoms with Gasteiger partial charge in [0.15, 0.2) is 5.76 Å². The lowest BCUT2D eigenvalue weighted by atomic mass is 10.1. The molecule has 1 N–H and O–H groups in total. The van der Waals surface area contributed by atoms with Crippen LogP contribution >= 0.6 is 0 Å². The molecule has 136 valence electrons. The molecule has 3 rings (SSSR count). The summed E-state index contributed by atoms with van der Waals surface area (Å²) in [7, 11) is 0. The minimum absolute atomic E-state index is 0.0970. The highest BCUT2D eigenvalue weighted by molar-refractivity contribution is 5.76. The van der Waals surface area contributed by atoms with Crippen molar-refractivity contribution in [1.29, 1.82) is 0 Å². The molecule has 0 aliphatic carbocycles. The first-order valence-corrected chi connectivity index (χ1v) is 8.35. The number of furan rings is 1. The molecule has 26 heavy (non-hydrogen) atoms. The molecule has 0 bridgehead atoms. The van der Waals surface area contributed by atoms with Crippen LogP contribution in [0.3, 0.4) is 0 Å². The molecule has 0 unspecified atom stereocenters. The predicted octanol–water partition coefficient (Wildman–Crippen LogP) is 1.86. The summed E-state index contributed by atoms with van der Waals surface area (Å²) in [5.74, 6) is 1.23. The van der Waals surface area contributed by atoms with Crippen molar-refractivity contribution in [1.82, 2.24) is 20.3 Å². The average molecular weight is 356 g/mol. The maximum absolute atomic E-state index is 12.0. The zero-order chi connectivity index (χ0) is 18.5. The lowest BCUT2D eigenvalue weighted by Gasteiger charge is -2.08. The van der Waals surface area contributed by atoms with E-state index in [9.17, 15) is 9.59 Å². The molecule has 0 aromatic carbocycles. The van der Waals surface area contributed by atoms with E-state index in [2.05, 4.69) is 15.6 Å². The number of amides is 1. The molecule has 3 heterocycles. The van der Waals surface area contributed by atoms with Gasteiger partial charge in [-0.25, -0.2) is 4.68 Å². The van der Waals surface area contributed by atoms with Crippen LogP contribution in [0.1, 0.15) is 23.4 Å². The fourth-order valence-electron chi connectivity index (χ4n) is 2.65. The first-order chi connectivity index (χ1) is 12.5. The van der Waals surface area contributed by atoms with Gasteiger partial charge in [-0.1, -0.05) is 5.16 Å². The summed E-state index contributed by atoms with van der Waals surface area (Å²) in [4.78, 5) is 23.9. The molecule has 0 radical (unpaired) electrons. The molecule has 0 aliphatic rings. The number of rotatable bonds is 7. The molecular weight excluding hydrogens is 336 g/mol. The number of hydrogen-bond donors (Lipinski definition) is 1. The van der Waals surface area contributed by atoms with Gasteiger partial charge < -0.3 is 14.3 Å². The van der Waals surface area contributed by atoms with Gasteiger partial charge in [-0.15, -0.1) is 0 Å². The molecule has 3 aromatic heterocycles. The molecule has 8 nitrogen and oxygen atoms in total. The smallest absolute Gasteiger partial charge is 0.266 e. The molecule has 0 saturated carbocycles. The Morgan fingerprint density at radius 2 is 2.12 bits per heavy atom. The minimum Gasteiger partial charge on any atom is -0.463 e. The summed E-state index contributed by atoms with van der Waals surface area (Å²) in [6.45, 7) is 4.28. The number of nitrogens with one attached hydrogen (secondary N) is 1. The number of aryl methyl sites for hydroxylation is 2. The Kier molecular flexibility index (Phi) is 5.31. The molecular formula is C18H20N4O4. The maximum Gasteiger partial charge on any atom is 0.266 e. The molecule has 0 fully saturated rings. The van der Waals surface area contributed by atoms with Crippen LogP contribution in [0.5, 0.6) is 0 Å². The monoisotopic (exact) mass is 356 g/mol. The largest absolute Gasteiger partial charge is 0.463 e. The van der Waals surface area contributed by atoms with Crippen LogP contribution in [0, 0.1) is 13.8 Å². The molecule has 0 atom stereocenters. The Morgan fingerprint density at radius 3 is 2.81 bits per heavy atom. The van der Waals surface area contributed by atoms with E-state index in [1.54, 1.807) is 24.5 Å². The fourth-order valence-corrected chi connectivity index (χ4v) is 2.65. The van der Waals surface area contributed by atoms with Crippen molar-refractivity contribution >= 4 is 5.91 Å². The Balaban J connectivity index is 1.52. The second-order valence-corrected chi connectivity index (χ2v) is 5.91. The van der Waals surface area contributed by atoms with E-state index in [-0.39, 0.29) is 18.0 Å². The summed E-state index contributed by atoms with van der Waals surface area (Å²) in [5.41, 5.74) is 2.11. The molecule has 3 aromatic rings. The second kappa shape index (κ2) is 7.81. The van der Waals surface area contributed by atoms with Crippen molar-refractivity contribution in [3.8, 4) is 11.5 Å². The van der Waals surface area contributed by atoms with E-state index in [4.69, 9.17) is 8.94 Å². The predicted molar refractivity (Wildman–Crippen MR) is 93.5 cm³/mol. The van der Waals surface area contributed by atoms with Gasteiger partial charge in [0.1, 0.15) is 11.5 Å². The normalized spacial score (nSPS) is 10.8. The van der Waals surface area contributed by atoms with Crippen LogP contribution in [0.4, 0.5) is 0 Å². The zero-order valence-corrected chi connectivity index (χ0v) is 14.7. The van der Waals surface area contributed by atoms with Crippen molar-refractivity contribution in [2.75, 3.05) is 6.54 Å².